The van der Waals surface area contributed by atoms with Gasteiger partial charge in [-0.25, -0.2) is 4.79 Å². The van der Waals surface area contributed by atoms with E-state index in [1.54, 1.807) is 24.3 Å². The lowest BCUT2D eigenvalue weighted by Gasteiger charge is -2.30. The lowest BCUT2D eigenvalue weighted by molar-refractivity contribution is -0.134. The van der Waals surface area contributed by atoms with Crippen LogP contribution in [0.25, 0.3) is 0 Å². The average molecular weight is 336 g/mol. The molecule has 1 heterocycles. The number of hydrogen-bond acceptors (Lipinski definition) is 3. The van der Waals surface area contributed by atoms with Gasteiger partial charge in [0.1, 0.15) is 12.1 Å². The predicted octanol–water partition coefficient (Wildman–Crippen LogP) is 2.53. The zero-order valence-corrected chi connectivity index (χ0v) is 13.4. The van der Waals surface area contributed by atoms with Crippen LogP contribution in [0.1, 0.15) is 32.1 Å². The first-order valence-electron chi connectivity index (χ1n) is 7.70. The van der Waals surface area contributed by atoms with Crippen molar-refractivity contribution in [3.05, 3.63) is 29.3 Å². The molecule has 6 nitrogen and oxygen atoms in total. The maximum atomic E-state index is 12.6. The second kappa shape index (κ2) is 6.20. The molecular formula is C16H18ClN3O3. The van der Waals surface area contributed by atoms with Crippen LogP contribution >= 0.6 is 11.6 Å². The van der Waals surface area contributed by atoms with Crippen LogP contribution in [-0.4, -0.2) is 34.8 Å². The fourth-order valence-corrected chi connectivity index (χ4v) is 3.41. The van der Waals surface area contributed by atoms with E-state index in [9.17, 15) is 14.4 Å². The number of carbonyl (C=O) groups excluding carboxylic acids is 3. The van der Waals surface area contributed by atoms with E-state index in [4.69, 9.17) is 11.6 Å². The summed E-state index contributed by atoms with van der Waals surface area (Å²) in [7, 11) is 0. The van der Waals surface area contributed by atoms with Crippen molar-refractivity contribution in [2.45, 2.75) is 37.6 Å². The Labute approximate surface area is 139 Å². The third-order valence-electron chi connectivity index (χ3n) is 4.36. The number of amides is 4. The fourth-order valence-electron chi connectivity index (χ4n) is 3.22. The Bertz CT molecular complexity index is 656. The van der Waals surface area contributed by atoms with Crippen LogP contribution in [0.4, 0.5) is 10.5 Å². The number of anilines is 1. The van der Waals surface area contributed by atoms with E-state index in [0.717, 1.165) is 24.2 Å². The molecule has 1 saturated carbocycles. The minimum absolute atomic E-state index is 0.288. The summed E-state index contributed by atoms with van der Waals surface area (Å²) in [5.41, 5.74) is -0.270. The Kier molecular flexibility index (Phi) is 4.26. The van der Waals surface area contributed by atoms with Gasteiger partial charge < -0.3 is 10.6 Å². The van der Waals surface area contributed by atoms with Gasteiger partial charge in [0.25, 0.3) is 5.91 Å². The highest BCUT2D eigenvalue weighted by molar-refractivity contribution is 6.30. The van der Waals surface area contributed by atoms with Crippen LogP contribution in [-0.2, 0) is 9.59 Å². The van der Waals surface area contributed by atoms with Gasteiger partial charge in [-0.2, -0.15) is 0 Å². The number of halogens is 1. The summed E-state index contributed by atoms with van der Waals surface area (Å²) in [4.78, 5) is 37.8. The summed E-state index contributed by atoms with van der Waals surface area (Å²) in [6, 6.07) is 6.22. The molecule has 0 unspecified atom stereocenters. The van der Waals surface area contributed by atoms with E-state index in [-0.39, 0.29) is 12.5 Å². The Hall–Kier alpha value is -2.08. The standard InChI is InChI=1S/C16H18ClN3O3/c17-11-5-4-6-12(9-11)18-13(21)10-20-14(22)16(19-15(20)23)7-2-1-3-8-16/h4-6,9H,1-3,7-8,10H2,(H,18,21)(H,19,23). The van der Waals surface area contributed by atoms with E-state index in [1.165, 1.54) is 0 Å². The topological polar surface area (TPSA) is 78.5 Å². The number of benzene rings is 1. The van der Waals surface area contributed by atoms with Crippen molar-refractivity contribution < 1.29 is 14.4 Å². The molecule has 0 radical (unpaired) electrons. The van der Waals surface area contributed by atoms with Gasteiger partial charge in [0.2, 0.25) is 5.91 Å². The van der Waals surface area contributed by atoms with Gasteiger partial charge in [-0.15, -0.1) is 0 Å². The SMILES string of the molecule is O=C(CN1C(=O)NC2(CCCCC2)C1=O)Nc1cccc(Cl)c1. The molecule has 3 rings (SSSR count). The largest absolute Gasteiger partial charge is 0.325 e. The van der Waals surface area contributed by atoms with Gasteiger partial charge in [-0.05, 0) is 31.0 Å². The van der Waals surface area contributed by atoms with Crippen molar-refractivity contribution in [2.24, 2.45) is 0 Å². The summed E-state index contributed by atoms with van der Waals surface area (Å²) in [5.74, 6) is -0.716. The molecule has 1 aromatic carbocycles. The summed E-state index contributed by atoms with van der Waals surface area (Å²) in [6.45, 7) is -0.293. The van der Waals surface area contributed by atoms with Crippen molar-refractivity contribution in [1.29, 1.82) is 0 Å². The smallest absolute Gasteiger partial charge is 0.324 e. The molecule has 23 heavy (non-hydrogen) atoms. The fraction of sp³-hybridized carbons (Fsp3) is 0.438. The molecule has 1 aliphatic heterocycles. The molecule has 1 spiro atoms. The molecule has 7 heteroatoms. The Morgan fingerprint density at radius 3 is 2.70 bits per heavy atom. The van der Waals surface area contributed by atoms with Crippen molar-refractivity contribution in [1.82, 2.24) is 10.2 Å². The van der Waals surface area contributed by atoms with Gasteiger partial charge in [-0.3, -0.25) is 14.5 Å². The minimum atomic E-state index is -0.800. The molecule has 2 N–H and O–H groups in total. The number of urea groups is 1. The van der Waals surface area contributed by atoms with Crippen LogP contribution in [0.3, 0.4) is 0 Å². The van der Waals surface area contributed by atoms with Crippen molar-refractivity contribution in [3.63, 3.8) is 0 Å². The molecule has 0 aromatic heterocycles. The third-order valence-corrected chi connectivity index (χ3v) is 4.60. The van der Waals surface area contributed by atoms with Crippen molar-refractivity contribution >= 4 is 35.1 Å². The Balaban J connectivity index is 1.66. The molecule has 122 valence electrons. The number of rotatable bonds is 3. The van der Waals surface area contributed by atoms with Crippen molar-refractivity contribution in [3.8, 4) is 0 Å². The molecule has 0 atom stereocenters. The van der Waals surface area contributed by atoms with Crippen molar-refractivity contribution in [2.75, 3.05) is 11.9 Å². The quantitative estimate of drug-likeness (QED) is 0.833. The molecule has 1 aromatic rings. The number of nitrogens with one attached hydrogen (secondary N) is 2. The van der Waals surface area contributed by atoms with Gasteiger partial charge in [0.15, 0.2) is 0 Å². The molecule has 1 saturated heterocycles. The van der Waals surface area contributed by atoms with E-state index in [0.29, 0.717) is 23.6 Å². The average Bonchev–Trinajstić information content (AvgIpc) is 2.72. The number of imide groups is 1. The van der Waals surface area contributed by atoms with E-state index >= 15 is 0 Å². The monoisotopic (exact) mass is 335 g/mol. The van der Waals surface area contributed by atoms with Crippen LogP contribution in [0.15, 0.2) is 24.3 Å². The second-order valence-electron chi connectivity index (χ2n) is 6.02. The zero-order chi connectivity index (χ0) is 16.4. The molecule has 0 bridgehead atoms. The highest BCUT2D eigenvalue weighted by Crippen LogP contribution is 2.33. The maximum Gasteiger partial charge on any atom is 0.325 e. The molecule has 2 fully saturated rings. The molecule has 1 aliphatic carbocycles. The van der Waals surface area contributed by atoms with Crippen LogP contribution in [0, 0.1) is 0 Å². The van der Waals surface area contributed by atoms with Gasteiger partial charge in [0.05, 0.1) is 0 Å². The first-order chi connectivity index (χ1) is 11.0. The normalized spacial score (nSPS) is 19.8. The number of carbonyl (C=O) groups is 3. The first kappa shape index (κ1) is 15.8. The van der Waals surface area contributed by atoms with Gasteiger partial charge in [-0.1, -0.05) is 36.9 Å². The highest BCUT2D eigenvalue weighted by Gasteiger charge is 2.51. The number of nitrogens with zero attached hydrogens (tertiary/aromatic N) is 1. The predicted molar refractivity (Wildman–Crippen MR) is 86.1 cm³/mol. The lowest BCUT2D eigenvalue weighted by Crippen LogP contribution is -2.48. The van der Waals surface area contributed by atoms with Crippen LogP contribution in [0.5, 0.6) is 0 Å². The van der Waals surface area contributed by atoms with Crippen LogP contribution in [0.2, 0.25) is 5.02 Å². The summed E-state index contributed by atoms with van der Waals surface area (Å²) in [5, 5.41) is 5.93. The summed E-state index contributed by atoms with van der Waals surface area (Å²) in [6.07, 6.45) is 4.18. The Morgan fingerprint density at radius 1 is 1.26 bits per heavy atom. The molecule has 2 aliphatic rings. The van der Waals surface area contributed by atoms with E-state index in [2.05, 4.69) is 10.6 Å². The zero-order valence-electron chi connectivity index (χ0n) is 12.6. The minimum Gasteiger partial charge on any atom is -0.324 e. The highest BCUT2D eigenvalue weighted by atomic mass is 35.5. The number of hydrogen-bond donors (Lipinski definition) is 2. The molecule has 4 amide bonds. The third kappa shape index (κ3) is 3.17. The first-order valence-corrected chi connectivity index (χ1v) is 8.07. The van der Waals surface area contributed by atoms with E-state index in [1.807, 2.05) is 0 Å². The Morgan fingerprint density at radius 2 is 2.00 bits per heavy atom. The van der Waals surface area contributed by atoms with Crippen LogP contribution < -0.4 is 10.6 Å². The summed E-state index contributed by atoms with van der Waals surface area (Å²) >= 11 is 5.86. The summed E-state index contributed by atoms with van der Waals surface area (Å²) < 4.78 is 0. The van der Waals surface area contributed by atoms with Gasteiger partial charge in [0, 0.05) is 10.7 Å². The second-order valence-corrected chi connectivity index (χ2v) is 6.46. The maximum absolute atomic E-state index is 12.6. The lowest BCUT2D eigenvalue weighted by atomic mass is 9.82. The molecular weight excluding hydrogens is 318 g/mol. The van der Waals surface area contributed by atoms with E-state index < -0.39 is 17.5 Å². The van der Waals surface area contributed by atoms with Gasteiger partial charge >= 0.3 is 6.03 Å².